The highest BCUT2D eigenvalue weighted by Crippen LogP contribution is 2.21. The third kappa shape index (κ3) is 4.18. The molecule has 0 saturated carbocycles. The van der Waals surface area contributed by atoms with Gasteiger partial charge in [0, 0.05) is 17.6 Å². The average Bonchev–Trinajstić information content (AvgIpc) is 2.49. The fourth-order valence-electron chi connectivity index (χ4n) is 2.07. The minimum atomic E-state index is -0.606. The van der Waals surface area contributed by atoms with Gasteiger partial charge in [0.1, 0.15) is 6.04 Å². The van der Waals surface area contributed by atoms with Gasteiger partial charge in [0.2, 0.25) is 5.91 Å². The molecule has 2 rings (SSSR count). The van der Waals surface area contributed by atoms with Gasteiger partial charge in [-0.1, -0.05) is 27.5 Å². The second kappa shape index (κ2) is 7.24. The first kappa shape index (κ1) is 16.3. The van der Waals surface area contributed by atoms with E-state index in [2.05, 4.69) is 21.2 Å². The summed E-state index contributed by atoms with van der Waals surface area (Å²) in [7, 11) is 0. The molecule has 1 fully saturated rings. The van der Waals surface area contributed by atoms with Gasteiger partial charge in [0.25, 0.3) is 5.91 Å². The van der Waals surface area contributed by atoms with E-state index in [1.807, 2.05) is 0 Å². The minimum Gasteiger partial charge on any atom is -0.378 e. The van der Waals surface area contributed by atoms with Crippen molar-refractivity contribution in [3.05, 3.63) is 33.3 Å². The molecule has 1 aliphatic rings. The summed E-state index contributed by atoms with van der Waals surface area (Å²) >= 11 is 9.30. The Morgan fingerprint density at radius 3 is 2.71 bits per heavy atom. The molecule has 1 aromatic rings. The van der Waals surface area contributed by atoms with E-state index in [9.17, 15) is 9.59 Å². The van der Waals surface area contributed by atoms with Crippen LogP contribution in [0.1, 0.15) is 17.3 Å². The molecule has 1 N–H and O–H groups in total. The Morgan fingerprint density at radius 1 is 1.38 bits per heavy atom. The molecule has 1 aromatic carbocycles. The van der Waals surface area contributed by atoms with Crippen LogP contribution < -0.4 is 5.32 Å². The Labute approximate surface area is 136 Å². The number of hydrogen-bond donors (Lipinski definition) is 1. The van der Waals surface area contributed by atoms with Gasteiger partial charge in [-0.3, -0.25) is 9.59 Å². The van der Waals surface area contributed by atoms with Crippen molar-refractivity contribution in [2.45, 2.75) is 13.0 Å². The van der Waals surface area contributed by atoms with Crippen molar-refractivity contribution < 1.29 is 14.3 Å². The zero-order valence-electron chi connectivity index (χ0n) is 11.6. The molecular weight excluding hydrogens is 360 g/mol. The van der Waals surface area contributed by atoms with E-state index in [0.717, 1.165) is 4.47 Å². The Morgan fingerprint density at radius 2 is 2.05 bits per heavy atom. The molecule has 0 aromatic heterocycles. The molecule has 1 saturated heterocycles. The maximum absolute atomic E-state index is 12.2. The van der Waals surface area contributed by atoms with Crippen LogP contribution in [0.5, 0.6) is 0 Å². The van der Waals surface area contributed by atoms with Crippen molar-refractivity contribution in [3.63, 3.8) is 0 Å². The molecule has 21 heavy (non-hydrogen) atoms. The second-order valence-electron chi connectivity index (χ2n) is 4.76. The van der Waals surface area contributed by atoms with Crippen molar-refractivity contribution in [1.29, 1.82) is 0 Å². The van der Waals surface area contributed by atoms with Gasteiger partial charge < -0.3 is 15.0 Å². The fourth-order valence-corrected chi connectivity index (χ4v) is 2.63. The van der Waals surface area contributed by atoms with Crippen molar-refractivity contribution >= 4 is 39.3 Å². The molecule has 1 unspecified atom stereocenters. The highest BCUT2D eigenvalue weighted by molar-refractivity contribution is 9.10. The van der Waals surface area contributed by atoms with E-state index in [-0.39, 0.29) is 11.8 Å². The largest absolute Gasteiger partial charge is 0.378 e. The third-order valence-electron chi connectivity index (χ3n) is 3.21. The molecular formula is C14H16BrClN2O3. The van der Waals surface area contributed by atoms with E-state index in [1.54, 1.807) is 30.0 Å². The lowest BCUT2D eigenvalue weighted by Crippen LogP contribution is -2.50. The zero-order valence-corrected chi connectivity index (χ0v) is 13.9. The van der Waals surface area contributed by atoms with Crippen LogP contribution in [0.3, 0.4) is 0 Å². The number of nitrogens with one attached hydrogen (secondary N) is 1. The highest BCUT2D eigenvalue weighted by Gasteiger charge is 2.24. The van der Waals surface area contributed by atoms with Crippen LogP contribution in [-0.2, 0) is 9.53 Å². The monoisotopic (exact) mass is 374 g/mol. The Kier molecular flexibility index (Phi) is 5.61. The molecule has 1 heterocycles. The van der Waals surface area contributed by atoms with Crippen molar-refractivity contribution in [3.8, 4) is 0 Å². The van der Waals surface area contributed by atoms with Gasteiger partial charge >= 0.3 is 0 Å². The van der Waals surface area contributed by atoms with Crippen molar-refractivity contribution in [1.82, 2.24) is 10.2 Å². The molecule has 114 valence electrons. The SMILES string of the molecule is CC(NC(=O)c1cc(Br)ccc1Cl)C(=O)N1CCOCC1. The molecule has 1 atom stereocenters. The smallest absolute Gasteiger partial charge is 0.253 e. The summed E-state index contributed by atoms with van der Waals surface area (Å²) in [5.74, 6) is -0.479. The predicted molar refractivity (Wildman–Crippen MR) is 83.5 cm³/mol. The quantitative estimate of drug-likeness (QED) is 0.880. The first-order valence-corrected chi connectivity index (χ1v) is 7.78. The number of carbonyl (C=O) groups is 2. The molecule has 7 heteroatoms. The Balaban J connectivity index is 2.01. The Hall–Kier alpha value is -1.11. The summed E-state index contributed by atoms with van der Waals surface area (Å²) in [6.07, 6.45) is 0. The number of hydrogen-bond acceptors (Lipinski definition) is 3. The van der Waals surface area contributed by atoms with Gasteiger partial charge in [-0.15, -0.1) is 0 Å². The van der Waals surface area contributed by atoms with Crippen LogP contribution in [0.25, 0.3) is 0 Å². The number of benzene rings is 1. The normalized spacial score (nSPS) is 16.4. The second-order valence-corrected chi connectivity index (χ2v) is 6.08. The zero-order chi connectivity index (χ0) is 15.4. The van der Waals surface area contributed by atoms with Crippen LogP contribution in [0.4, 0.5) is 0 Å². The highest BCUT2D eigenvalue weighted by atomic mass is 79.9. The Bertz CT molecular complexity index is 547. The topological polar surface area (TPSA) is 58.6 Å². The van der Waals surface area contributed by atoms with Crippen LogP contribution >= 0.6 is 27.5 Å². The molecule has 1 aliphatic heterocycles. The van der Waals surface area contributed by atoms with Gasteiger partial charge in [0.15, 0.2) is 0 Å². The minimum absolute atomic E-state index is 0.113. The lowest BCUT2D eigenvalue weighted by atomic mass is 10.2. The average molecular weight is 376 g/mol. The number of ether oxygens (including phenoxy) is 1. The molecule has 0 spiro atoms. The van der Waals surface area contributed by atoms with Crippen LogP contribution in [0, 0.1) is 0 Å². The number of halogens is 2. The summed E-state index contributed by atoms with van der Waals surface area (Å²) in [6.45, 7) is 3.84. The standard InChI is InChI=1S/C14H16BrClN2O3/c1-9(14(20)18-4-6-21-7-5-18)17-13(19)11-8-10(15)2-3-12(11)16/h2-3,8-9H,4-7H2,1H3,(H,17,19). The van der Waals surface area contributed by atoms with E-state index in [1.165, 1.54) is 0 Å². The van der Waals surface area contributed by atoms with Crippen molar-refractivity contribution in [2.75, 3.05) is 26.3 Å². The molecule has 0 radical (unpaired) electrons. The molecule has 5 nitrogen and oxygen atoms in total. The van der Waals surface area contributed by atoms with Gasteiger partial charge in [-0.05, 0) is 25.1 Å². The van der Waals surface area contributed by atoms with Crippen LogP contribution in [0.15, 0.2) is 22.7 Å². The third-order valence-corrected chi connectivity index (χ3v) is 4.04. The maximum Gasteiger partial charge on any atom is 0.253 e. The summed E-state index contributed by atoms with van der Waals surface area (Å²) in [5.41, 5.74) is 0.340. The molecule has 0 bridgehead atoms. The first-order valence-electron chi connectivity index (χ1n) is 6.61. The maximum atomic E-state index is 12.2. The summed E-state index contributed by atoms with van der Waals surface area (Å²) < 4.78 is 5.96. The van der Waals surface area contributed by atoms with Crippen molar-refractivity contribution in [2.24, 2.45) is 0 Å². The van der Waals surface area contributed by atoms with E-state index in [0.29, 0.717) is 36.9 Å². The van der Waals surface area contributed by atoms with E-state index < -0.39 is 6.04 Å². The summed E-state index contributed by atoms with van der Waals surface area (Å²) in [5, 5.41) is 3.03. The molecule has 2 amide bonds. The van der Waals surface area contributed by atoms with Gasteiger partial charge in [-0.2, -0.15) is 0 Å². The van der Waals surface area contributed by atoms with Crippen LogP contribution in [-0.4, -0.2) is 49.1 Å². The van der Waals surface area contributed by atoms with Gasteiger partial charge in [-0.25, -0.2) is 0 Å². The van der Waals surface area contributed by atoms with E-state index in [4.69, 9.17) is 16.3 Å². The summed E-state index contributed by atoms with van der Waals surface area (Å²) in [6, 6.07) is 4.41. The fraction of sp³-hybridized carbons (Fsp3) is 0.429. The predicted octanol–water partition coefficient (Wildman–Crippen LogP) is 2.08. The van der Waals surface area contributed by atoms with Crippen LogP contribution in [0.2, 0.25) is 5.02 Å². The number of amides is 2. The summed E-state index contributed by atoms with van der Waals surface area (Å²) in [4.78, 5) is 26.1. The number of nitrogens with zero attached hydrogens (tertiary/aromatic N) is 1. The molecule has 0 aliphatic carbocycles. The number of morpholine rings is 1. The lowest BCUT2D eigenvalue weighted by Gasteiger charge is -2.29. The first-order chi connectivity index (χ1) is 9.99. The van der Waals surface area contributed by atoms with E-state index >= 15 is 0 Å². The lowest BCUT2D eigenvalue weighted by molar-refractivity contribution is -0.136. The van der Waals surface area contributed by atoms with Gasteiger partial charge in [0.05, 0.1) is 23.8 Å². The number of carbonyl (C=O) groups excluding carboxylic acids is 2. The number of rotatable bonds is 3.